The summed E-state index contributed by atoms with van der Waals surface area (Å²) in [4.78, 5) is 0. The van der Waals surface area contributed by atoms with Gasteiger partial charge in [0.2, 0.25) is 0 Å². The van der Waals surface area contributed by atoms with Gasteiger partial charge in [-0.3, -0.25) is 0 Å². The summed E-state index contributed by atoms with van der Waals surface area (Å²) in [6.45, 7) is 6.82. The van der Waals surface area contributed by atoms with Crippen LogP contribution in [0, 0.1) is 5.92 Å². The molecular formula is C7H16O2. The molecule has 0 radical (unpaired) electrons. The third-order valence-electron chi connectivity index (χ3n) is 1.03. The number of hydrogen-bond acceptors (Lipinski definition) is 2. The molecule has 0 heterocycles. The molecule has 0 saturated carbocycles. The minimum absolute atomic E-state index is 0.215. The van der Waals surface area contributed by atoms with Crippen molar-refractivity contribution in [2.24, 2.45) is 5.92 Å². The van der Waals surface area contributed by atoms with Gasteiger partial charge < -0.3 is 9.84 Å². The highest BCUT2D eigenvalue weighted by Gasteiger charge is 2.00. The molecule has 0 aromatic rings. The third-order valence-corrected chi connectivity index (χ3v) is 1.03. The Balaban J connectivity index is 3.06. The number of aliphatic hydroxyl groups excluding tert-OH is 1. The minimum Gasteiger partial charge on any atom is -0.396 e. The lowest BCUT2D eigenvalue weighted by atomic mass is 10.2. The van der Waals surface area contributed by atoms with Crippen LogP contribution in [-0.2, 0) is 4.74 Å². The fourth-order valence-corrected chi connectivity index (χ4v) is 0.409. The van der Waals surface area contributed by atoms with Crippen LogP contribution in [0.15, 0.2) is 0 Å². The van der Waals surface area contributed by atoms with E-state index in [0.29, 0.717) is 6.61 Å². The number of aliphatic hydroxyl groups is 1. The average Bonchev–Trinajstić information content (AvgIpc) is 1.83. The molecule has 0 aromatic heterocycles. The fourth-order valence-electron chi connectivity index (χ4n) is 0.409. The molecule has 2 nitrogen and oxygen atoms in total. The second kappa shape index (κ2) is 4.77. The maximum Gasteiger partial charge on any atom is 0.0519 e. The Bertz CT molecular complexity index is 61.9. The van der Waals surface area contributed by atoms with Crippen LogP contribution < -0.4 is 0 Å². The van der Waals surface area contributed by atoms with Gasteiger partial charge in [-0.2, -0.15) is 0 Å². The molecule has 0 aliphatic rings. The molecule has 0 rings (SSSR count). The summed E-state index contributed by atoms with van der Waals surface area (Å²) >= 11 is 0. The summed E-state index contributed by atoms with van der Waals surface area (Å²) in [6, 6.07) is 0. The van der Waals surface area contributed by atoms with Gasteiger partial charge in [-0.15, -0.1) is 0 Å². The van der Waals surface area contributed by atoms with Crippen molar-refractivity contribution in [1.29, 1.82) is 0 Å². The molecule has 0 aromatic carbocycles. The normalized spacial score (nSPS) is 14.3. The van der Waals surface area contributed by atoms with Crippen LogP contribution in [0.4, 0.5) is 0 Å². The van der Waals surface area contributed by atoms with E-state index in [0.717, 1.165) is 0 Å². The molecule has 0 unspecified atom stereocenters. The van der Waals surface area contributed by atoms with Crippen molar-refractivity contribution >= 4 is 0 Å². The van der Waals surface area contributed by atoms with Gasteiger partial charge in [0.25, 0.3) is 0 Å². The quantitative estimate of drug-likeness (QED) is 0.619. The summed E-state index contributed by atoms with van der Waals surface area (Å²) in [5.41, 5.74) is 0. The molecule has 0 aliphatic carbocycles. The first-order chi connectivity index (χ1) is 4.16. The predicted molar refractivity (Wildman–Crippen MR) is 37.3 cm³/mol. The maximum absolute atomic E-state index is 8.57. The van der Waals surface area contributed by atoms with Crippen molar-refractivity contribution in [2.45, 2.75) is 26.9 Å². The smallest absolute Gasteiger partial charge is 0.0519 e. The maximum atomic E-state index is 8.57. The van der Waals surface area contributed by atoms with Gasteiger partial charge in [-0.05, 0) is 13.8 Å². The summed E-state index contributed by atoms with van der Waals surface area (Å²) in [5.74, 6) is 0.271. The molecule has 1 atom stereocenters. The number of ether oxygens (including phenoxy) is 1. The molecule has 1 N–H and O–H groups in total. The Kier molecular flexibility index (Phi) is 4.72. The molecule has 9 heavy (non-hydrogen) atoms. The Morgan fingerprint density at radius 1 is 1.33 bits per heavy atom. The van der Waals surface area contributed by atoms with E-state index in [2.05, 4.69) is 0 Å². The fraction of sp³-hybridized carbons (Fsp3) is 1.00. The van der Waals surface area contributed by atoms with Crippen LogP contribution in [0.3, 0.4) is 0 Å². The molecule has 0 fully saturated rings. The number of hydrogen-bond donors (Lipinski definition) is 1. The van der Waals surface area contributed by atoms with E-state index in [1.165, 1.54) is 0 Å². The molecule has 2 heteroatoms. The predicted octanol–water partition coefficient (Wildman–Crippen LogP) is 1.04. The van der Waals surface area contributed by atoms with Gasteiger partial charge in [-0.1, -0.05) is 6.92 Å². The Hall–Kier alpha value is -0.0800. The molecule has 0 spiro atoms. The van der Waals surface area contributed by atoms with E-state index < -0.39 is 0 Å². The van der Waals surface area contributed by atoms with E-state index in [9.17, 15) is 0 Å². The van der Waals surface area contributed by atoms with Crippen LogP contribution in [0.5, 0.6) is 0 Å². The summed E-state index contributed by atoms with van der Waals surface area (Å²) < 4.78 is 5.23. The van der Waals surface area contributed by atoms with Crippen molar-refractivity contribution in [3.05, 3.63) is 0 Å². The highest BCUT2D eigenvalue weighted by molar-refractivity contribution is 4.47. The van der Waals surface area contributed by atoms with Crippen LogP contribution in [0.25, 0.3) is 0 Å². The van der Waals surface area contributed by atoms with Gasteiger partial charge >= 0.3 is 0 Å². The molecule has 0 saturated heterocycles. The van der Waals surface area contributed by atoms with Gasteiger partial charge in [0.15, 0.2) is 0 Å². The monoisotopic (exact) mass is 132 g/mol. The largest absolute Gasteiger partial charge is 0.396 e. The lowest BCUT2D eigenvalue weighted by Gasteiger charge is -2.10. The van der Waals surface area contributed by atoms with Crippen molar-refractivity contribution in [3.63, 3.8) is 0 Å². The van der Waals surface area contributed by atoms with Crippen LogP contribution >= 0.6 is 0 Å². The summed E-state index contributed by atoms with van der Waals surface area (Å²) in [5, 5.41) is 8.57. The van der Waals surface area contributed by atoms with E-state index in [4.69, 9.17) is 9.84 Å². The Morgan fingerprint density at radius 3 is 2.22 bits per heavy atom. The number of rotatable bonds is 4. The van der Waals surface area contributed by atoms with Crippen molar-refractivity contribution in [2.75, 3.05) is 13.2 Å². The first-order valence-corrected chi connectivity index (χ1v) is 3.39. The molecular weight excluding hydrogens is 116 g/mol. The Morgan fingerprint density at radius 2 is 1.89 bits per heavy atom. The first-order valence-electron chi connectivity index (χ1n) is 3.39. The van der Waals surface area contributed by atoms with E-state index in [1.54, 1.807) is 0 Å². The zero-order valence-electron chi connectivity index (χ0n) is 6.42. The van der Waals surface area contributed by atoms with Crippen molar-refractivity contribution < 1.29 is 9.84 Å². The summed E-state index contributed by atoms with van der Waals surface area (Å²) in [6.07, 6.45) is 0.277. The molecule has 0 bridgehead atoms. The minimum atomic E-state index is 0.215. The SMILES string of the molecule is CC(C)OC[C@H](C)CO. The zero-order valence-corrected chi connectivity index (χ0v) is 6.42. The van der Waals surface area contributed by atoms with Gasteiger partial charge in [0.1, 0.15) is 0 Å². The summed E-state index contributed by atoms with van der Waals surface area (Å²) in [7, 11) is 0. The van der Waals surface area contributed by atoms with Crippen LogP contribution in [0.1, 0.15) is 20.8 Å². The molecule has 56 valence electrons. The zero-order chi connectivity index (χ0) is 7.28. The third kappa shape index (κ3) is 5.80. The second-order valence-electron chi connectivity index (χ2n) is 2.67. The highest BCUT2D eigenvalue weighted by Crippen LogP contribution is 1.96. The highest BCUT2D eigenvalue weighted by atomic mass is 16.5. The van der Waals surface area contributed by atoms with Crippen LogP contribution in [0.2, 0.25) is 0 Å². The van der Waals surface area contributed by atoms with Gasteiger partial charge in [0, 0.05) is 12.5 Å². The average molecular weight is 132 g/mol. The van der Waals surface area contributed by atoms with E-state index in [-0.39, 0.29) is 18.6 Å². The molecule has 0 aliphatic heterocycles. The van der Waals surface area contributed by atoms with E-state index >= 15 is 0 Å². The van der Waals surface area contributed by atoms with E-state index in [1.807, 2.05) is 20.8 Å². The molecule has 0 amide bonds. The van der Waals surface area contributed by atoms with Crippen LogP contribution in [-0.4, -0.2) is 24.4 Å². The first kappa shape index (κ1) is 8.92. The van der Waals surface area contributed by atoms with Gasteiger partial charge in [-0.25, -0.2) is 0 Å². The lowest BCUT2D eigenvalue weighted by Crippen LogP contribution is -2.13. The standard InChI is InChI=1S/C7H16O2/c1-6(2)9-5-7(3)4-8/h6-8H,4-5H2,1-3H3/t7-/m1/s1. The lowest BCUT2D eigenvalue weighted by molar-refractivity contribution is 0.0395. The van der Waals surface area contributed by atoms with Gasteiger partial charge in [0.05, 0.1) is 12.7 Å². The van der Waals surface area contributed by atoms with Crippen molar-refractivity contribution in [3.8, 4) is 0 Å². The Labute approximate surface area is 56.8 Å². The van der Waals surface area contributed by atoms with Crippen molar-refractivity contribution in [1.82, 2.24) is 0 Å². The second-order valence-corrected chi connectivity index (χ2v) is 2.67. The topological polar surface area (TPSA) is 29.5 Å².